The van der Waals surface area contributed by atoms with Crippen LogP contribution in [0, 0.1) is 5.82 Å². The average molecular weight is 251 g/mol. The maximum absolute atomic E-state index is 13.0. The molecule has 0 radical (unpaired) electrons. The Bertz CT molecular complexity index is 327. The quantitative estimate of drug-likeness (QED) is 0.823. The van der Waals surface area contributed by atoms with E-state index < -0.39 is 0 Å². The SMILES string of the molecule is Cl.Fc1ccc(Cl)c(N2CCNCC2)c1. The lowest BCUT2D eigenvalue weighted by molar-refractivity contribution is 0.585. The van der Waals surface area contributed by atoms with Gasteiger partial charge < -0.3 is 10.2 Å². The van der Waals surface area contributed by atoms with Gasteiger partial charge in [0, 0.05) is 26.2 Å². The maximum Gasteiger partial charge on any atom is 0.125 e. The lowest BCUT2D eigenvalue weighted by Crippen LogP contribution is -2.43. The zero-order chi connectivity index (χ0) is 9.97. The van der Waals surface area contributed by atoms with Crippen LogP contribution in [0.1, 0.15) is 0 Å². The number of halogens is 3. The number of piperazine rings is 1. The molecule has 0 aliphatic carbocycles. The van der Waals surface area contributed by atoms with Crippen LogP contribution in [0.25, 0.3) is 0 Å². The number of hydrogen-bond donors (Lipinski definition) is 1. The van der Waals surface area contributed by atoms with Crippen LogP contribution in [0.4, 0.5) is 10.1 Å². The molecule has 15 heavy (non-hydrogen) atoms. The van der Waals surface area contributed by atoms with E-state index in [1.165, 1.54) is 12.1 Å². The van der Waals surface area contributed by atoms with Crippen LogP contribution in [0.5, 0.6) is 0 Å². The van der Waals surface area contributed by atoms with Crippen molar-refractivity contribution in [1.82, 2.24) is 5.32 Å². The summed E-state index contributed by atoms with van der Waals surface area (Å²) < 4.78 is 13.0. The first-order chi connectivity index (χ1) is 6.77. The summed E-state index contributed by atoms with van der Waals surface area (Å²) in [5, 5.41) is 3.86. The third-order valence-electron chi connectivity index (χ3n) is 2.37. The van der Waals surface area contributed by atoms with Gasteiger partial charge in [0.1, 0.15) is 5.82 Å². The second-order valence-corrected chi connectivity index (χ2v) is 3.74. The van der Waals surface area contributed by atoms with Crippen LogP contribution in [-0.2, 0) is 0 Å². The minimum absolute atomic E-state index is 0. The minimum atomic E-state index is -0.233. The molecule has 0 aromatic heterocycles. The normalized spacial score (nSPS) is 16.0. The fraction of sp³-hybridized carbons (Fsp3) is 0.400. The zero-order valence-electron chi connectivity index (χ0n) is 8.17. The first-order valence-corrected chi connectivity index (χ1v) is 5.06. The lowest BCUT2D eigenvalue weighted by Gasteiger charge is -2.30. The van der Waals surface area contributed by atoms with Gasteiger partial charge >= 0.3 is 0 Å². The highest BCUT2D eigenvalue weighted by Crippen LogP contribution is 2.26. The Kier molecular flexibility index (Phi) is 4.64. The number of nitrogens with zero attached hydrogens (tertiary/aromatic N) is 1. The maximum atomic E-state index is 13.0. The van der Waals surface area contributed by atoms with Crippen molar-refractivity contribution in [3.8, 4) is 0 Å². The number of rotatable bonds is 1. The Labute approximate surface area is 99.8 Å². The third kappa shape index (κ3) is 2.97. The monoisotopic (exact) mass is 250 g/mol. The highest BCUT2D eigenvalue weighted by Gasteiger charge is 2.13. The van der Waals surface area contributed by atoms with E-state index in [0.29, 0.717) is 5.02 Å². The molecule has 84 valence electrons. The molecule has 1 aliphatic rings. The Hall–Kier alpha value is -0.510. The highest BCUT2D eigenvalue weighted by atomic mass is 35.5. The first-order valence-electron chi connectivity index (χ1n) is 4.68. The summed E-state index contributed by atoms with van der Waals surface area (Å²) in [4.78, 5) is 2.10. The summed E-state index contributed by atoms with van der Waals surface area (Å²) in [6.07, 6.45) is 0. The van der Waals surface area contributed by atoms with Gasteiger partial charge in [0.25, 0.3) is 0 Å². The molecule has 0 bridgehead atoms. The molecule has 1 N–H and O–H groups in total. The first kappa shape index (κ1) is 12.6. The Morgan fingerprint density at radius 1 is 1.27 bits per heavy atom. The third-order valence-corrected chi connectivity index (χ3v) is 2.69. The van der Waals surface area contributed by atoms with E-state index >= 15 is 0 Å². The Morgan fingerprint density at radius 3 is 2.60 bits per heavy atom. The smallest absolute Gasteiger partial charge is 0.125 e. The van der Waals surface area contributed by atoms with Gasteiger partial charge in [-0.05, 0) is 18.2 Å². The van der Waals surface area contributed by atoms with E-state index in [1.807, 2.05) is 0 Å². The van der Waals surface area contributed by atoms with Crippen LogP contribution in [0.3, 0.4) is 0 Å². The second-order valence-electron chi connectivity index (χ2n) is 3.33. The molecule has 1 fully saturated rings. The van der Waals surface area contributed by atoms with Gasteiger partial charge in [0.05, 0.1) is 10.7 Å². The minimum Gasteiger partial charge on any atom is -0.368 e. The summed E-state index contributed by atoms with van der Waals surface area (Å²) in [5.41, 5.74) is 0.799. The van der Waals surface area contributed by atoms with Gasteiger partial charge in [0.15, 0.2) is 0 Å². The van der Waals surface area contributed by atoms with Crippen LogP contribution in [-0.4, -0.2) is 26.2 Å². The molecule has 1 aliphatic heterocycles. The summed E-state index contributed by atoms with van der Waals surface area (Å²) in [6.45, 7) is 3.60. The van der Waals surface area contributed by atoms with E-state index in [4.69, 9.17) is 11.6 Å². The van der Waals surface area contributed by atoms with Crippen LogP contribution in [0.2, 0.25) is 5.02 Å². The highest BCUT2D eigenvalue weighted by molar-refractivity contribution is 6.33. The molecule has 0 saturated carbocycles. The molecule has 1 heterocycles. The van der Waals surface area contributed by atoms with Gasteiger partial charge in [-0.15, -0.1) is 12.4 Å². The number of nitrogens with one attached hydrogen (secondary N) is 1. The van der Waals surface area contributed by atoms with Gasteiger partial charge in [0.2, 0.25) is 0 Å². The second kappa shape index (κ2) is 5.54. The molecule has 1 saturated heterocycles. The van der Waals surface area contributed by atoms with Crippen LogP contribution in [0.15, 0.2) is 18.2 Å². The average Bonchev–Trinajstić information content (AvgIpc) is 2.23. The molecule has 0 amide bonds. The molecular formula is C10H13Cl2FN2. The van der Waals surface area contributed by atoms with Crippen molar-refractivity contribution in [3.05, 3.63) is 29.0 Å². The largest absolute Gasteiger partial charge is 0.368 e. The molecule has 1 aromatic carbocycles. The summed E-state index contributed by atoms with van der Waals surface area (Å²) >= 11 is 6.00. The van der Waals surface area contributed by atoms with Crippen LogP contribution < -0.4 is 10.2 Å². The van der Waals surface area contributed by atoms with Crippen molar-refractivity contribution in [1.29, 1.82) is 0 Å². The Balaban J connectivity index is 0.00000112. The van der Waals surface area contributed by atoms with Crippen molar-refractivity contribution < 1.29 is 4.39 Å². The topological polar surface area (TPSA) is 15.3 Å². The molecule has 2 rings (SSSR count). The number of hydrogen-bond acceptors (Lipinski definition) is 2. The molecule has 2 nitrogen and oxygen atoms in total. The van der Waals surface area contributed by atoms with Crippen molar-refractivity contribution in [3.63, 3.8) is 0 Å². The van der Waals surface area contributed by atoms with E-state index in [2.05, 4.69) is 10.2 Å². The predicted octanol–water partition coefficient (Wildman–Crippen LogP) is 2.31. The molecule has 1 aromatic rings. The van der Waals surface area contributed by atoms with Gasteiger partial charge in [-0.1, -0.05) is 11.6 Å². The standard InChI is InChI=1S/C10H12ClFN2.ClH/c11-9-2-1-8(12)7-10(9)14-5-3-13-4-6-14;/h1-2,7,13H,3-6H2;1H. The van der Waals surface area contributed by atoms with E-state index in [-0.39, 0.29) is 18.2 Å². The van der Waals surface area contributed by atoms with E-state index in [9.17, 15) is 4.39 Å². The van der Waals surface area contributed by atoms with Crippen molar-refractivity contribution in [2.45, 2.75) is 0 Å². The molecular weight excluding hydrogens is 238 g/mol. The zero-order valence-corrected chi connectivity index (χ0v) is 9.74. The summed E-state index contributed by atoms with van der Waals surface area (Å²) in [5.74, 6) is -0.233. The van der Waals surface area contributed by atoms with Gasteiger partial charge in [-0.25, -0.2) is 4.39 Å². The van der Waals surface area contributed by atoms with E-state index in [0.717, 1.165) is 31.9 Å². The van der Waals surface area contributed by atoms with Crippen molar-refractivity contribution in [2.24, 2.45) is 0 Å². The number of anilines is 1. The summed E-state index contributed by atoms with van der Waals surface area (Å²) in [6, 6.07) is 4.48. The number of benzene rings is 1. The fourth-order valence-electron chi connectivity index (χ4n) is 1.63. The lowest BCUT2D eigenvalue weighted by atomic mass is 10.2. The molecule has 5 heteroatoms. The molecule has 0 spiro atoms. The van der Waals surface area contributed by atoms with Crippen LogP contribution >= 0.6 is 24.0 Å². The van der Waals surface area contributed by atoms with Gasteiger partial charge in [-0.2, -0.15) is 0 Å². The van der Waals surface area contributed by atoms with Crippen molar-refractivity contribution in [2.75, 3.05) is 31.1 Å². The Morgan fingerprint density at radius 2 is 1.93 bits per heavy atom. The van der Waals surface area contributed by atoms with E-state index in [1.54, 1.807) is 6.07 Å². The molecule has 0 atom stereocenters. The van der Waals surface area contributed by atoms with Crippen molar-refractivity contribution >= 4 is 29.7 Å². The molecule has 0 unspecified atom stereocenters. The van der Waals surface area contributed by atoms with Gasteiger partial charge in [-0.3, -0.25) is 0 Å². The predicted molar refractivity (Wildman–Crippen MR) is 63.7 cm³/mol. The fourth-order valence-corrected chi connectivity index (χ4v) is 1.87. The summed E-state index contributed by atoms with van der Waals surface area (Å²) in [7, 11) is 0.